The van der Waals surface area contributed by atoms with E-state index in [0.717, 1.165) is 5.56 Å². The summed E-state index contributed by atoms with van der Waals surface area (Å²) in [7, 11) is 0. The van der Waals surface area contributed by atoms with Crippen molar-refractivity contribution in [3.8, 4) is 0 Å². The lowest BCUT2D eigenvalue weighted by Gasteiger charge is -2.19. The number of benzene rings is 1. The monoisotopic (exact) mass is 272 g/mol. The molecule has 6 heteroatoms. The molecule has 1 atom stereocenters. The third-order valence-electron chi connectivity index (χ3n) is 2.42. The largest absolute Gasteiger partial charge is 0.387 e. The molecule has 0 aliphatic carbocycles. The van der Waals surface area contributed by atoms with Crippen molar-refractivity contribution >= 4 is 35.2 Å². The van der Waals surface area contributed by atoms with Crippen LogP contribution in [-0.2, 0) is 4.79 Å². The summed E-state index contributed by atoms with van der Waals surface area (Å²) in [6, 6.07) is 9.16. The van der Waals surface area contributed by atoms with E-state index in [-0.39, 0.29) is 30.0 Å². The van der Waals surface area contributed by atoms with Gasteiger partial charge in [0.1, 0.15) is 0 Å². The average Bonchev–Trinajstić information content (AvgIpc) is 2.62. The van der Waals surface area contributed by atoms with Crippen molar-refractivity contribution in [2.24, 2.45) is 0 Å². The number of hydrogen-bond donors (Lipinski definition) is 2. The number of β-amino-alcohol motifs (C(OH)–C–C–N with tert-alkyl or cyclic N) is 1. The van der Waals surface area contributed by atoms with Crippen molar-refractivity contribution < 1.29 is 9.90 Å². The van der Waals surface area contributed by atoms with E-state index in [9.17, 15) is 9.90 Å². The van der Waals surface area contributed by atoms with Crippen LogP contribution in [0.15, 0.2) is 30.3 Å². The fourth-order valence-corrected chi connectivity index (χ4v) is 2.29. The molecule has 17 heavy (non-hydrogen) atoms. The second-order valence-corrected chi connectivity index (χ2v) is 4.49. The van der Waals surface area contributed by atoms with Crippen LogP contribution >= 0.6 is 24.2 Å². The molecule has 1 aromatic rings. The lowest BCUT2D eigenvalue weighted by atomic mass is 10.1. The van der Waals surface area contributed by atoms with E-state index in [1.54, 1.807) is 0 Å². The Balaban J connectivity index is 0.00000144. The van der Waals surface area contributed by atoms with E-state index in [0.29, 0.717) is 5.75 Å². The van der Waals surface area contributed by atoms with Crippen LogP contribution in [0, 0.1) is 5.41 Å². The van der Waals surface area contributed by atoms with Crippen molar-refractivity contribution in [1.82, 2.24) is 4.90 Å². The number of carbonyl (C=O) groups is 1. The number of amidine groups is 1. The Kier molecular flexibility index (Phi) is 4.99. The minimum absolute atomic E-state index is 0. The topological polar surface area (TPSA) is 64.4 Å². The first kappa shape index (κ1) is 14.0. The number of rotatable bonds is 3. The van der Waals surface area contributed by atoms with Gasteiger partial charge in [-0.1, -0.05) is 42.1 Å². The molecule has 1 saturated heterocycles. The molecular formula is C11H13ClN2O2S. The molecular weight excluding hydrogens is 260 g/mol. The number of nitrogens with zero attached hydrogens (tertiary/aromatic N) is 1. The number of thioether (sulfide) groups is 1. The molecule has 1 aromatic carbocycles. The minimum Gasteiger partial charge on any atom is -0.387 e. The van der Waals surface area contributed by atoms with Crippen LogP contribution < -0.4 is 0 Å². The van der Waals surface area contributed by atoms with Crippen molar-refractivity contribution in [2.45, 2.75) is 6.10 Å². The second-order valence-electron chi connectivity index (χ2n) is 3.52. The molecule has 0 spiro atoms. The minimum atomic E-state index is -0.732. The number of hydrogen-bond acceptors (Lipinski definition) is 4. The number of amides is 1. The maximum atomic E-state index is 11.4. The van der Waals surface area contributed by atoms with Gasteiger partial charge in [-0.15, -0.1) is 12.4 Å². The van der Waals surface area contributed by atoms with Crippen LogP contribution in [0.25, 0.3) is 0 Å². The van der Waals surface area contributed by atoms with E-state index in [4.69, 9.17) is 5.41 Å². The maximum Gasteiger partial charge on any atom is 0.239 e. The molecule has 4 nitrogen and oxygen atoms in total. The van der Waals surface area contributed by atoms with Gasteiger partial charge < -0.3 is 5.11 Å². The smallest absolute Gasteiger partial charge is 0.239 e. The molecule has 1 aliphatic heterocycles. The quantitative estimate of drug-likeness (QED) is 0.879. The summed E-state index contributed by atoms with van der Waals surface area (Å²) in [5, 5.41) is 17.7. The SMILES string of the molecule is Cl.N=C1SCC(=O)N1CC(O)c1ccccc1. The van der Waals surface area contributed by atoms with Gasteiger partial charge in [-0.25, -0.2) is 0 Å². The lowest BCUT2D eigenvalue weighted by molar-refractivity contribution is -0.125. The number of aliphatic hydroxyl groups is 1. The summed E-state index contributed by atoms with van der Waals surface area (Å²) in [5.41, 5.74) is 0.764. The molecule has 1 amide bonds. The standard InChI is InChI=1S/C11H12N2O2S.ClH/c12-11-13(10(15)7-16-11)6-9(14)8-4-2-1-3-5-8;/h1-5,9,12,14H,6-7H2;1H. The molecule has 92 valence electrons. The zero-order valence-corrected chi connectivity index (χ0v) is 10.6. The van der Waals surface area contributed by atoms with Crippen LogP contribution in [0.2, 0.25) is 0 Å². The van der Waals surface area contributed by atoms with E-state index in [2.05, 4.69) is 0 Å². The highest BCUT2D eigenvalue weighted by Crippen LogP contribution is 2.21. The van der Waals surface area contributed by atoms with Gasteiger partial charge in [0.25, 0.3) is 0 Å². The predicted octanol–water partition coefficient (Wildman–Crippen LogP) is 1.65. The lowest BCUT2D eigenvalue weighted by Crippen LogP contribution is -2.33. The molecule has 1 fully saturated rings. The molecule has 2 N–H and O–H groups in total. The van der Waals surface area contributed by atoms with E-state index in [1.807, 2.05) is 30.3 Å². The van der Waals surface area contributed by atoms with Crippen molar-refractivity contribution in [1.29, 1.82) is 5.41 Å². The highest BCUT2D eigenvalue weighted by atomic mass is 35.5. The van der Waals surface area contributed by atoms with Gasteiger partial charge in [-0.05, 0) is 5.56 Å². The molecule has 1 unspecified atom stereocenters. The molecule has 1 aliphatic rings. The van der Waals surface area contributed by atoms with Crippen LogP contribution in [0.4, 0.5) is 0 Å². The maximum absolute atomic E-state index is 11.4. The number of halogens is 1. The Morgan fingerprint density at radius 2 is 2.06 bits per heavy atom. The fraction of sp³-hybridized carbons (Fsp3) is 0.273. The zero-order valence-electron chi connectivity index (χ0n) is 9.00. The summed E-state index contributed by atoms with van der Waals surface area (Å²) < 4.78 is 0. The molecule has 0 radical (unpaired) electrons. The molecule has 0 bridgehead atoms. The fourth-order valence-electron chi connectivity index (χ4n) is 1.54. The summed E-state index contributed by atoms with van der Waals surface area (Å²) in [6.45, 7) is 0.161. The van der Waals surface area contributed by atoms with Crippen molar-refractivity contribution in [2.75, 3.05) is 12.3 Å². The normalized spacial score (nSPS) is 16.9. The van der Waals surface area contributed by atoms with Gasteiger partial charge >= 0.3 is 0 Å². The van der Waals surface area contributed by atoms with Crippen LogP contribution in [-0.4, -0.2) is 33.4 Å². The third-order valence-corrected chi connectivity index (χ3v) is 3.30. The first-order valence-corrected chi connectivity index (χ1v) is 5.92. The number of nitrogens with one attached hydrogen (secondary N) is 1. The first-order valence-electron chi connectivity index (χ1n) is 4.93. The van der Waals surface area contributed by atoms with Gasteiger partial charge in [-0.3, -0.25) is 15.1 Å². The Labute approximate surface area is 110 Å². The second kappa shape index (κ2) is 6.05. The number of carbonyl (C=O) groups excluding carboxylic acids is 1. The van der Waals surface area contributed by atoms with Crippen LogP contribution in [0.1, 0.15) is 11.7 Å². The number of aliphatic hydroxyl groups excluding tert-OH is 1. The first-order chi connectivity index (χ1) is 7.68. The Hall–Kier alpha value is -1.04. The van der Waals surface area contributed by atoms with E-state index >= 15 is 0 Å². The average molecular weight is 273 g/mol. The molecule has 1 heterocycles. The summed E-state index contributed by atoms with van der Waals surface area (Å²) in [5.74, 6) is 0.199. The zero-order chi connectivity index (χ0) is 11.5. The van der Waals surface area contributed by atoms with Gasteiger partial charge in [0.05, 0.1) is 18.4 Å². The van der Waals surface area contributed by atoms with E-state index < -0.39 is 6.10 Å². The predicted molar refractivity (Wildman–Crippen MR) is 70.5 cm³/mol. The van der Waals surface area contributed by atoms with Crippen molar-refractivity contribution in [3.05, 3.63) is 35.9 Å². The Bertz CT molecular complexity index is 397. The molecule has 0 aromatic heterocycles. The molecule has 2 rings (SSSR count). The summed E-state index contributed by atoms with van der Waals surface area (Å²) in [6.07, 6.45) is -0.732. The summed E-state index contributed by atoms with van der Waals surface area (Å²) >= 11 is 1.20. The summed E-state index contributed by atoms with van der Waals surface area (Å²) in [4.78, 5) is 12.7. The van der Waals surface area contributed by atoms with Gasteiger partial charge in [-0.2, -0.15) is 0 Å². The highest BCUT2D eigenvalue weighted by Gasteiger charge is 2.28. The van der Waals surface area contributed by atoms with E-state index in [1.165, 1.54) is 16.7 Å². The van der Waals surface area contributed by atoms with Gasteiger partial charge in [0.15, 0.2) is 5.17 Å². The van der Waals surface area contributed by atoms with Crippen LogP contribution in [0.5, 0.6) is 0 Å². The Morgan fingerprint density at radius 1 is 1.41 bits per heavy atom. The molecule has 0 saturated carbocycles. The highest BCUT2D eigenvalue weighted by molar-refractivity contribution is 8.14. The van der Waals surface area contributed by atoms with Crippen LogP contribution in [0.3, 0.4) is 0 Å². The van der Waals surface area contributed by atoms with Gasteiger partial charge in [0, 0.05) is 0 Å². The Morgan fingerprint density at radius 3 is 2.59 bits per heavy atom. The van der Waals surface area contributed by atoms with Gasteiger partial charge in [0.2, 0.25) is 5.91 Å². The van der Waals surface area contributed by atoms with Crippen molar-refractivity contribution in [3.63, 3.8) is 0 Å². The third kappa shape index (κ3) is 3.21.